The molecule has 8 heteroatoms. The Morgan fingerprint density at radius 2 is 2.12 bits per heavy atom. The molecule has 0 bridgehead atoms. The predicted molar refractivity (Wildman–Crippen MR) is 92.8 cm³/mol. The normalized spacial score (nSPS) is 22.7. The summed E-state index contributed by atoms with van der Waals surface area (Å²) < 4.78 is 18.4. The summed E-state index contributed by atoms with van der Waals surface area (Å²) in [5, 5.41) is 8.78. The summed E-state index contributed by atoms with van der Waals surface area (Å²) in [6.45, 7) is 6.94. The van der Waals surface area contributed by atoms with Gasteiger partial charge in [0.15, 0.2) is 0 Å². The van der Waals surface area contributed by atoms with Gasteiger partial charge in [-0.1, -0.05) is 13.8 Å². The molecule has 26 heavy (non-hydrogen) atoms. The van der Waals surface area contributed by atoms with Crippen LogP contribution in [0, 0.1) is 16.7 Å². The van der Waals surface area contributed by atoms with Crippen molar-refractivity contribution >= 4 is 17.6 Å². The van der Waals surface area contributed by atoms with Crippen molar-refractivity contribution in [2.75, 3.05) is 19.8 Å². The van der Waals surface area contributed by atoms with Gasteiger partial charge >= 0.3 is 5.97 Å². The molecule has 1 aromatic rings. The largest absolute Gasteiger partial charge is 0.466 e. The number of carbonyl (C=O) groups excluding carboxylic acids is 1. The Kier molecular flexibility index (Phi) is 4.86. The van der Waals surface area contributed by atoms with Gasteiger partial charge in [-0.15, -0.1) is 11.6 Å². The van der Waals surface area contributed by atoms with Gasteiger partial charge in [-0.3, -0.25) is 9.59 Å². The Labute approximate surface area is 156 Å². The van der Waals surface area contributed by atoms with Crippen LogP contribution in [-0.4, -0.2) is 35.7 Å². The monoisotopic (exact) mass is 380 g/mol. The van der Waals surface area contributed by atoms with E-state index in [0.717, 1.165) is 0 Å². The summed E-state index contributed by atoms with van der Waals surface area (Å²) in [7, 11) is 0. The van der Waals surface area contributed by atoms with Crippen LogP contribution in [0.1, 0.15) is 37.6 Å². The fourth-order valence-electron chi connectivity index (χ4n) is 3.25. The summed E-state index contributed by atoms with van der Waals surface area (Å²) in [5.41, 5.74) is -0.0148. The highest BCUT2D eigenvalue weighted by Crippen LogP contribution is 2.45. The van der Waals surface area contributed by atoms with Crippen molar-refractivity contribution in [2.24, 2.45) is 5.41 Å². The van der Waals surface area contributed by atoms with Gasteiger partial charge < -0.3 is 18.8 Å². The van der Waals surface area contributed by atoms with Crippen molar-refractivity contribution in [3.8, 4) is 6.07 Å². The van der Waals surface area contributed by atoms with E-state index in [2.05, 4.69) is 0 Å². The van der Waals surface area contributed by atoms with Gasteiger partial charge in [0, 0.05) is 12.0 Å². The fraction of sp³-hybridized carbons (Fsp3) is 0.611. The number of pyridine rings is 1. The maximum atomic E-state index is 12.8. The molecule has 1 fully saturated rings. The molecule has 0 amide bonds. The number of hydrogen-bond donors (Lipinski definition) is 0. The number of halogens is 1. The Bertz CT molecular complexity index is 829. The highest BCUT2D eigenvalue weighted by atomic mass is 35.5. The first-order valence-electron chi connectivity index (χ1n) is 8.49. The summed E-state index contributed by atoms with van der Waals surface area (Å²) in [6, 6.07) is 3.50. The second-order valence-electron chi connectivity index (χ2n) is 7.32. The zero-order chi connectivity index (χ0) is 19.1. The highest BCUT2D eigenvalue weighted by molar-refractivity contribution is 6.21. The van der Waals surface area contributed by atoms with E-state index < -0.39 is 22.7 Å². The third-order valence-corrected chi connectivity index (χ3v) is 5.03. The van der Waals surface area contributed by atoms with Crippen molar-refractivity contribution in [1.82, 2.24) is 4.57 Å². The average Bonchev–Trinajstić information content (AvgIpc) is 2.84. The number of carbonyl (C=O) groups is 1. The van der Waals surface area contributed by atoms with Crippen LogP contribution < -0.4 is 5.56 Å². The van der Waals surface area contributed by atoms with Gasteiger partial charge in [-0.25, -0.2) is 0 Å². The van der Waals surface area contributed by atoms with Crippen LogP contribution in [0.4, 0.5) is 0 Å². The van der Waals surface area contributed by atoms with Crippen LogP contribution in [-0.2, 0) is 37.8 Å². The maximum Gasteiger partial charge on any atom is 0.310 e. The van der Waals surface area contributed by atoms with Gasteiger partial charge in [0.05, 0.1) is 31.9 Å². The number of fused-ring (bicyclic) bond motifs is 2. The van der Waals surface area contributed by atoms with Gasteiger partial charge in [0.25, 0.3) is 5.56 Å². The van der Waals surface area contributed by atoms with Crippen molar-refractivity contribution in [3.63, 3.8) is 0 Å². The number of aromatic nitrogens is 1. The van der Waals surface area contributed by atoms with E-state index in [9.17, 15) is 14.9 Å². The molecule has 3 rings (SSSR count). The molecule has 1 unspecified atom stereocenters. The second-order valence-corrected chi connectivity index (χ2v) is 7.84. The molecule has 0 aromatic carbocycles. The number of ether oxygens (including phenoxy) is 3. The first-order valence-corrected chi connectivity index (χ1v) is 8.92. The Morgan fingerprint density at radius 3 is 2.69 bits per heavy atom. The minimum atomic E-state index is -1.26. The molecule has 1 spiro atoms. The van der Waals surface area contributed by atoms with Crippen LogP contribution in [0.5, 0.6) is 0 Å². The molecule has 0 radical (unpaired) electrons. The molecule has 0 saturated carbocycles. The molecule has 1 atom stereocenters. The molecular weight excluding hydrogens is 360 g/mol. The molecule has 7 nitrogen and oxygen atoms in total. The van der Waals surface area contributed by atoms with Gasteiger partial charge in [0.2, 0.25) is 5.79 Å². The molecule has 1 saturated heterocycles. The molecular formula is C18H21ClN2O5. The quantitative estimate of drug-likeness (QED) is 0.585. The van der Waals surface area contributed by atoms with Crippen molar-refractivity contribution in [2.45, 2.75) is 44.9 Å². The third kappa shape index (κ3) is 3.02. The van der Waals surface area contributed by atoms with Gasteiger partial charge in [0.1, 0.15) is 17.0 Å². The number of alkyl halides is 1. The van der Waals surface area contributed by atoms with Crippen molar-refractivity contribution in [1.29, 1.82) is 5.26 Å². The standard InChI is InChI=1S/C18H21ClN2O5/c1-4-24-15(22)6-11-5-14-18(25-9-17(2,3)10-26-18)13(19)8-21(14)16(23)12(11)7-20/h5,13H,4,6,8-10H2,1-3H3. The predicted octanol–water partition coefficient (Wildman–Crippen LogP) is 1.67. The minimum absolute atomic E-state index is 0.0844. The summed E-state index contributed by atoms with van der Waals surface area (Å²) in [4.78, 5) is 24.6. The topological polar surface area (TPSA) is 90.6 Å². The van der Waals surface area contributed by atoms with E-state index in [1.807, 2.05) is 19.9 Å². The number of nitrogens with zero attached hydrogens (tertiary/aromatic N) is 2. The smallest absolute Gasteiger partial charge is 0.310 e. The van der Waals surface area contributed by atoms with Crippen molar-refractivity contribution in [3.05, 3.63) is 33.2 Å². The summed E-state index contributed by atoms with van der Waals surface area (Å²) >= 11 is 6.50. The third-order valence-electron chi connectivity index (χ3n) is 4.60. The van der Waals surface area contributed by atoms with Crippen LogP contribution in [0.15, 0.2) is 10.9 Å². The molecule has 3 heterocycles. The van der Waals surface area contributed by atoms with Crippen LogP contribution in [0.25, 0.3) is 0 Å². The molecule has 1 aromatic heterocycles. The Balaban J connectivity index is 2.08. The van der Waals surface area contributed by atoms with Crippen LogP contribution in [0.3, 0.4) is 0 Å². The zero-order valence-corrected chi connectivity index (χ0v) is 15.8. The molecule has 0 aliphatic carbocycles. The summed E-state index contributed by atoms with van der Waals surface area (Å²) in [6.07, 6.45) is -0.172. The van der Waals surface area contributed by atoms with Gasteiger partial charge in [-0.05, 0) is 18.6 Å². The molecule has 2 aliphatic heterocycles. The zero-order valence-electron chi connectivity index (χ0n) is 15.0. The lowest BCUT2D eigenvalue weighted by molar-refractivity contribution is -0.304. The van der Waals surface area contributed by atoms with E-state index in [1.54, 1.807) is 13.0 Å². The molecule has 2 aliphatic rings. The first kappa shape index (κ1) is 18.9. The SMILES string of the molecule is CCOC(=O)Cc1cc2n(c(=O)c1C#N)CC(Cl)C21OCC(C)(C)CO1. The highest BCUT2D eigenvalue weighted by Gasteiger charge is 2.54. The van der Waals surface area contributed by atoms with E-state index in [0.29, 0.717) is 24.5 Å². The van der Waals surface area contributed by atoms with Gasteiger partial charge in [-0.2, -0.15) is 5.26 Å². The van der Waals surface area contributed by atoms with Crippen LogP contribution in [0.2, 0.25) is 0 Å². The number of hydrogen-bond acceptors (Lipinski definition) is 6. The number of nitriles is 1. The fourth-order valence-corrected chi connectivity index (χ4v) is 3.63. The number of rotatable bonds is 3. The lowest BCUT2D eigenvalue weighted by Gasteiger charge is -2.42. The Hall–Kier alpha value is -1.88. The second kappa shape index (κ2) is 6.69. The summed E-state index contributed by atoms with van der Waals surface area (Å²) in [5.74, 6) is -1.76. The van der Waals surface area contributed by atoms with E-state index >= 15 is 0 Å². The van der Waals surface area contributed by atoms with Crippen LogP contribution >= 0.6 is 11.6 Å². The average molecular weight is 381 g/mol. The van der Waals surface area contributed by atoms with E-state index in [-0.39, 0.29) is 30.6 Å². The molecule has 0 N–H and O–H groups in total. The molecule has 140 valence electrons. The van der Waals surface area contributed by atoms with Crippen molar-refractivity contribution < 1.29 is 19.0 Å². The van der Waals surface area contributed by atoms with E-state index in [4.69, 9.17) is 25.8 Å². The lowest BCUT2D eigenvalue weighted by atomic mass is 9.93. The minimum Gasteiger partial charge on any atom is -0.466 e. The Morgan fingerprint density at radius 1 is 1.46 bits per heavy atom. The number of esters is 1. The lowest BCUT2D eigenvalue weighted by Crippen LogP contribution is -2.49. The van der Waals surface area contributed by atoms with E-state index in [1.165, 1.54) is 4.57 Å². The first-order chi connectivity index (χ1) is 12.2. The maximum absolute atomic E-state index is 12.8.